The van der Waals surface area contributed by atoms with Crippen LogP contribution < -0.4 is 10.1 Å². The Morgan fingerprint density at radius 1 is 1.06 bits per heavy atom. The third kappa shape index (κ3) is 6.04. The van der Waals surface area contributed by atoms with E-state index in [0.717, 1.165) is 22.4 Å². The molecule has 35 heavy (non-hydrogen) atoms. The maximum Gasteiger partial charge on any atom is 0.243 e. The molecule has 6 nitrogen and oxygen atoms in total. The molecule has 4 rings (SSSR count). The highest BCUT2D eigenvalue weighted by atomic mass is 35.5. The first-order valence-electron chi connectivity index (χ1n) is 11.6. The van der Waals surface area contributed by atoms with Gasteiger partial charge in [0.15, 0.2) is 0 Å². The van der Waals surface area contributed by atoms with Crippen LogP contribution in [-0.2, 0) is 27.8 Å². The fraction of sp³-hybridized carbons (Fsp3) is 0.296. The molecule has 1 N–H and O–H groups in total. The minimum absolute atomic E-state index is 0.0262. The number of hydrogen-bond acceptors (Lipinski definition) is 4. The van der Waals surface area contributed by atoms with Crippen molar-refractivity contribution in [3.63, 3.8) is 0 Å². The Bertz CT molecular complexity index is 1280. The zero-order valence-electron chi connectivity index (χ0n) is 19.8. The molecule has 0 spiro atoms. The number of fused-ring (bicyclic) bond motifs is 1. The number of benzene rings is 3. The lowest BCUT2D eigenvalue weighted by molar-refractivity contribution is -0.122. The van der Waals surface area contributed by atoms with E-state index in [9.17, 15) is 13.2 Å². The predicted octanol–water partition coefficient (Wildman–Crippen LogP) is 5.12. The second kappa shape index (κ2) is 10.8. The van der Waals surface area contributed by atoms with Crippen LogP contribution in [0.25, 0.3) is 0 Å². The minimum atomic E-state index is -3.82. The lowest BCUT2D eigenvalue weighted by atomic mass is 9.92. The summed E-state index contributed by atoms with van der Waals surface area (Å²) in [5, 5.41) is 3.40. The second-order valence-corrected chi connectivity index (χ2v) is 11.2. The Morgan fingerprint density at radius 3 is 2.43 bits per heavy atom. The zero-order valence-corrected chi connectivity index (χ0v) is 21.4. The third-order valence-electron chi connectivity index (χ3n) is 5.95. The summed E-state index contributed by atoms with van der Waals surface area (Å²) in [5.41, 5.74) is 2.86. The molecule has 1 aliphatic heterocycles. The molecule has 0 saturated carbocycles. The molecule has 1 aliphatic rings. The highest BCUT2D eigenvalue weighted by Crippen LogP contribution is 2.36. The number of nitrogens with one attached hydrogen (secondary N) is 1. The average molecular weight is 513 g/mol. The molecule has 1 atom stereocenters. The van der Waals surface area contributed by atoms with E-state index in [4.69, 9.17) is 16.3 Å². The van der Waals surface area contributed by atoms with Crippen LogP contribution in [0.4, 0.5) is 0 Å². The predicted molar refractivity (Wildman–Crippen MR) is 137 cm³/mol. The smallest absolute Gasteiger partial charge is 0.243 e. The molecule has 0 aliphatic carbocycles. The van der Waals surface area contributed by atoms with Crippen LogP contribution in [0, 0.1) is 0 Å². The first-order chi connectivity index (χ1) is 16.7. The number of carbonyl (C=O) groups is 1. The Morgan fingerprint density at radius 2 is 1.74 bits per heavy atom. The van der Waals surface area contributed by atoms with Crippen molar-refractivity contribution in [3.05, 3.63) is 94.5 Å². The maximum absolute atomic E-state index is 13.5. The van der Waals surface area contributed by atoms with Crippen LogP contribution in [0.2, 0.25) is 5.02 Å². The van der Waals surface area contributed by atoms with Gasteiger partial charge in [0.25, 0.3) is 0 Å². The lowest BCUT2D eigenvalue weighted by Crippen LogP contribution is -2.42. The zero-order chi connectivity index (χ0) is 25.0. The van der Waals surface area contributed by atoms with Gasteiger partial charge >= 0.3 is 0 Å². The topological polar surface area (TPSA) is 75.7 Å². The highest BCUT2D eigenvalue weighted by Gasteiger charge is 2.37. The fourth-order valence-corrected chi connectivity index (χ4v) is 6.01. The van der Waals surface area contributed by atoms with Gasteiger partial charge in [0.1, 0.15) is 5.75 Å². The summed E-state index contributed by atoms with van der Waals surface area (Å²) in [4.78, 5) is 13.1. The summed E-state index contributed by atoms with van der Waals surface area (Å²) in [6, 6.07) is 20.8. The molecule has 184 valence electrons. The SMILES string of the molecule is CC(C)Oc1ccc(CNC(=O)C[C@@H]2c3ccccc3CCN2S(=O)(=O)c2ccc(Cl)cc2)cc1. The Labute approximate surface area is 211 Å². The Kier molecular flexibility index (Phi) is 7.79. The minimum Gasteiger partial charge on any atom is -0.491 e. The van der Waals surface area contributed by atoms with Crippen molar-refractivity contribution in [2.75, 3.05) is 6.54 Å². The van der Waals surface area contributed by atoms with Crippen molar-refractivity contribution in [2.24, 2.45) is 0 Å². The van der Waals surface area contributed by atoms with E-state index < -0.39 is 16.1 Å². The molecule has 0 aromatic heterocycles. The van der Waals surface area contributed by atoms with Crippen LogP contribution in [0.1, 0.15) is 43.0 Å². The number of rotatable bonds is 8. The van der Waals surface area contributed by atoms with E-state index in [1.54, 1.807) is 12.1 Å². The number of nitrogens with zero attached hydrogens (tertiary/aromatic N) is 1. The van der Waals surface area contributed by atoms with Crippen molar-refractivity contribution in [1.29, 1.82) is 0 Å². The van der Waals surface area contributed by atoms with Gasteiger partial charge in [0.05, 0.1) is 17.0 Å². The maximum atomic E-state index is 13.5. The summed E-state index contributed by atoms with van der Waals surface area (Å²) in [6.07, 6.45) is 0.704. The van der Waals surface area contributed by atoms with Crippen LogP contribution in [0.5, 0.6) is 5.75 Å². The van der Waals surface area contributed by atoms with Gasteiger partial charge in [-0.3, -0.25) is 4.79 Å². The number of amides is 1. The molecule has 1 heterocycles. The first-order valence-corrected chi connectivity index (χ1v) is 13.4. The van der Waals surface area contributed by atoms with Crippen molar-refractivity contribution < 1.29 is 17.9 Å². The van der Waals surface area contributed by atoms with Gasteiger partial charge < -0.3 is 10.1 Å². The van der Waals surface area contributed by atoms with E-state index in [1.807, 2.05) is 62.4 Å². The van der Waals surface area contributed by atoms with E-state index in [0.29, 0.717) is 24.5 Å². The first kappa shape index (κ1) is 25.2. The highest BCUT2D eigenvalue weighted by molar-refractivity contribution is 7.89. The fourth-order valence-electron chi connectivity index (χ4n) is 4.28. The normalized spacial score (nSPS) is 16.1. The number of sulfonamides is 1. The standard InChI is InChI=1S/C27H29ClN2O4S/c1-19(2)34-23-11-7-20(8-12-23)18-29-27(31)17-26-25-6-4-3-5-21(25)15-16-30(26)35(32,33)24-13-9-22(28)10-14-24/h3-14,19,26H,15-18H2,1-2H3,(H,29,31)/t26-/m1/s1. The van der Waals surface area contributed by atoms with Gasteiger partial charge in [-0.15, -0.1) is 0 Å². The molecule has 0 bridgehead atoms. The molecule has 0 fully saturated rings. The van der Waals surface area contributed by atoms with Crippen molar-refractivity contribution in [3.8, 4) is 5.75 Å². The summed E-state index contributed by atoms with van der Waals surface area (Å²) >= 11 is 5.96. The Balaban J connectivity index is 1.51. The van der Waals surface area contributed by atoms with Crippen LogP contribution in [-0.4, -0.2) is 31.3 Å². The summed E-state index contributed by atoms with van der Waals surface area (Å²) in [5.74, 6) is 0.558. The molecular weight excluding hydrogens is 484 g/mol. The van der Waals surface area contributed by atoms with Crippen molar-refractivity contribution >= 4 is 27.5 Å². The van der Waals surface area contributed by atoms with Crippen LogP contribution in [0.3, 0.4) is 0 Å². The molecule has 1 amide bonds. The molecule has 3 aromatic carbocycles. The summed E-state index contributed by atoms with van der Waals surface area (Å²) in [7, 11) is -3.82. The van der Waals surface area contributed by atoms with E-state index >= 15 is 0 Å². The summed E-state index contributed by atoms with van der Waals surface area (Å²) in [6.45, 7) is 4.58. The largest absolute Gasteiger partial charge is 0.491 e. The van der Waals surface area contributed by atoms with E-state index in [1.165, 1.54) is 16.4 Å². The lowest BCUT2D eigenvalue weighted by Gasteiger charge is -2.36. The second-order valence-electron chi connectivity index (χ2n) is 8.83. The van der Waals surface area contributed by atoms with Gasteiger partial charge in [0.2, 0.25) is 15.9 Å². The monoisotopic (exact) mass is 512 g/mol. The van der Waals surface area contributed by atoms with E-state index in [2.05, 4.69) is 5.32 Å². The Hall–Kier alpha value is -2.87. The molecular formula is C27H29ClN2O4S. The van der Waals surface area contributed by atoms with Gasteiger partial charge in [-0.25, -0.2) is 8.42 Å². The molecule has 3 aromatic rings. The van der Waals surface area contributed by atoms with Gasteiger partial charge in [0, 0.05) is 24.5 Å². The van der Waals surface area contributed by atoms with Crippen LogP contribution >= 0.6 is 11.6 Å². The van der Waals surface area contributed by atoms with E-state index in [-0.39, 0.29) is 23.3 Å². The molecule has 8 heteroatoms. The van der Waals surface area contributed by atoms with Crippen molar-refractivity contribution in [1.82, 2.24) is 9.62 Å². The summed E-state index contributed by atoms with van der Waals surface area (Å²) < 4.78 is 34.2. The number of hydrogen-bond donors (Lipinski definition) is 1. The average Bonchev–Trinajstić information content (AvgIpc) is 2.83. The quantitative estimate of drug-likeness (QED) is 0.454. The third-order valence-corrected chi connectivity index (χ3v) is 8.12. The number of carbonyl (C=O) groups excluding carboxylic acids is 1. The number of halogens is 1. The molecule has 0 radical (unpaired) electrons. The van der Waals surface area contributed by atoms with Crippen LogP contribution in [0.15, 0.2) is 77.7 Å². The van der Waals surface area contributed by atoms with Gasteiger partial charge in [-0.1, -0.05) is 48.0 Å². The van der Waals surface area contributed by atoms with Gasteiger partial charge in [-0.2, -0.15) is 4.31 Å². The molecule has 0 unspecified atom stereocenters. The number of ether oxygens (including phenoxy) is 1. The van der Waals surface area contributed by atoms with Gasteiger partial charge in [-0.05, 0) is 73.4 Å². The van der Waals surface area contributed by atoms with Crippen molar-refractivity contribution in [2.45, 2.75) is 50.3 Å². The molecule has 0 saturated heterocycles.